The zero-order valence-corrected chi connectivity index (χ0v) is 13.7. The Morgan fingerprint density at radius 3 is 2.61 bits per heavy atom. The normalized spacial score (nSPS) is 11.1. The van der Waals surface area contributed by atoms with E-state index in [0.717, 1.165) is 36.9 Å². The Labute approximate surface area is 137 Å². The van der Waals surface area contributed by atoms with Crippen molar-refractivity contribution in [1.82, 2.24) is 15.6 Å². The molecule has 23 heavy (non-hydrogen) atoms. The summed E-state index contributed by atoms with van der Waals surface area (Å²) in [6, 6.07) is 13.9. The Hall–Kier alpha value is -2.56. The van der Waals surface area contributed by atoms with E-state index in [1.54, 1.807) is 13.2 Å². The van der Waals surface area contributed by atoms with E-state index in [1.165, 1.54) is 5.56 Å². The number of ether oxygens (including phenoxy) is 1. The van der Waals surface area contributed by atoms with Crippen molar-refractivity contribution in [2.75, 3.05) is 13.6 Å². The summed E-state index contributed by atoms with van der Waals surface area (Å²) in [5.74, 6) is 1.66. The summed E-state index contributed by atoms with van der Waals surface area (Å²) in [5.41, 5.74) is 2.10. The van der Waals surface area contributed by atoms with Crippen LogP contribution >= 0.6 is 0 Å². The molecule has 0 saturated carbocycles. The van der Waals surface area contributed by atoms with Crippen molar-refractivity contribution in [3.8, 4) is 5.75 Å². The smallest absolute Gasteiger partial charge is 0.191 e. The molecule has 0 amide bonds. The number of hydrogen-bond donors (Lipinski definition) is 2. The van der Waals surface area contributed by atoms with Crippen LogP contribution in [0.25, 0.3) is 0 Å². The first-order valence-corrected chi connectivity index (χ1v) is 7.88. The molecule has 0 aliphatic carbocycles. The monoisotopic (exact) mass is 312 g/mol. The topological polar surface area (TPSA) is 58.5 Å². The Bertz CT molecular complexity index is 596. The van der Waals surface area contributed by atoms with Gasteiger partial charge in [-0.3, -0.25) is 9.98 Å². The number of guanidine groups is 1. The van der Waals surface area contributed by atoms with E-state index in [9.17, 15) is 0 Å². The van der Waals surface area contributed by atoms with Crippen LogP contribution in [0.5, 0.6) is 5.75 Å². The van der Waals surface area contributed by atoms with Gasteiger partial charge < -0.3 is 15.4 Å². The fourth-order valence-corrected chi connectivity index (χ4v) is 1.99. The molecule has 0 radical (unpaired) electrons. The predicted molar refractivity (Wildman–Crippen MR) is 93.5 cm³/mol. The van der Waals surface area contributed by atoms with Crippen molar-refractivity contribution in [3.63, 3.8) is 0 Å². The second-order valence-electron chi connectivity index (χ2n) is 5.11. The molecule has 122 valence electrons. The van der Waals surface area contributed by atoms with Gasteiger partial charge in [-0.2, -0.15) is 0 Å². The van der Waals surface area contributed by atoms with Crippen LogP contribution in [0.1, 0.15) is 24.6 Å². The van der Waals surface area contributed by atoms with Gasteiger partial charge in [-0.15, -0.1) is 0 Å². The zero-order valence-electron chi connectivity index (χ0n) is 13.7. The van der Waals surface area contributed by atoms with Crippen molar-refractivity contribution < 1.29 is 4.74 Å². The molecule has 0 unspecified atom stereocenters. The predicted octanol–water partition coefficient (Wildman–Crippen LogP) is 2.74. The third kappa shape index (κ3) is 5.98. The van der Waals surface area contributed by atoms with E-state index in [1.807, 2.05) is 42.5 Å². The number of hydrogen-bond acceptors (Lipinski definition) is 3. The third-order valence-electron chi connectivity index (χ3n) is 3.26. The number of nitrogens with zero attached hydrogens (tertiary/aromatic N) is 2. The Balaban J connectivity index is 1.80. The van der Waals surface area contributed by atoms with Crippen LogP contribution in [-0.2, 0) is 13.2 Å². The highest BCUT2D eigenvalue weighted by molar-refractivity contribution is 5.79. The van der Waals surface area contributed by atoms with Gasteiger partial charge in [0.15, 0.2) is 5.96 Å². The summed E-state index contributed by atoms with van der Waals surface area (Å²) in [6.45, 7) is 4.25. The highest BCUT2D eigenvalue weighted by atomic mass is 16.5. The Kier molecular flexibility index (Phi) is 6.91. The van der Waals surface area contributed by atoms with Crippen molar-refractivity contribution >= 4 is 5.96 Å². The minimum atomic E-state index is 0.478. The zero-order chi connectivity index (χ0) is 16.3. The lowest BCUT2D eigenvalue weighted by atomic mass is 10.2. The second-order valence-corrected chi connectivity index (χ2v) is 5.11. The number of aromatic nitrogens is 1. The average molecular weight is 312 g/mol. The first-order valence-electron chi connectivity index (χ1n) is 7.88. The molecule has 0 aliphatic rings. The summed E-state index contributed by atoms with van der Waals surface area (Å²) in [4.78, 5) is 8.42. The van der Waals surface area contributed by atoms with Gasteiger partial charge in [0.1, 0.15) is 12.4 Å². The SMILES string of the molecule is CCCNC(=NC)NCc1ccc(OCc2ccccn2)cc1. The maximum Gasteiger partial charge on any atom is 0.191 e. The molecule has 1 aromatic carbocycles. The van der Waals surface area contributed by atoms with Crippen LogP contribution in [0.15, 0.2) is 53.7 Å². The van der Waals surface area contributed by atoms with Crippen LogP contribution in [0.3, 0.4) is 0 Å². The van der Waals surface area contributed by atoms with Gasteiger partial charge in [0, 0.05) is 26.3 Å². The quantitative estimate of drug-likeness (QED) is 0.610. The minimum Gasteiger partial charge on any atom is -0.487 e. The molecule has 2 aromatic rings. The van der Waals surface area contributed by atoms with E-state index >= 15 is 0 Å². The van der Waals surface area contributed by atoms with E-state index in [4.69, 9.17) is 4.74 Å². The molecule has 0 atom stereocenters. The van der Waals surface area contributed by atoms with Crippen LogP contribution in [-0.4, -0.2) is 24.5 Å². The van der Waals surface area contributed by atoms with Crippen LogP contribution in [0, 0.1) is 0 Å². The molecule has 0 saturated heterocycles. The van der Waals surface area contributed by atoms with Gasteiger partial charge in [-0.05, 0) is 36.2 Å². The Morgan fingerprint density at radius 1 is 1.13 bits per heavy atom. The largest absolute Gasteiger partial charge is 0.487 e. The molecule has 5 heteroatoms. The first kappa shape index (κ1) is 16.8. The molecule has 1 heterocycles. The number of rotatable bonds is 7. The van der Waals surface area contributed by atoms with E-state index in [0.29, 0.717) is 6.61 Å². The molecule has 0 spiro atoms. The van der Waals surface area contributed by atoms with Crippen molar-refractivity contribution in [1.29, 1.82) is 0 Å². The van der Waals surface area contributed by atoms with Crippen molar-refractivity contribution in [2.24, 2.45) is 4.99 Å². The highest BCUT2D eigenvalue weighted by Crippen LogP contribution is 2.13. The van der Waals surface area contributed by atoms with Gasteiger partial charge in [-0.25, -0.2) is 0 Å². The molecule has 2 N–H and O–H groups in total. The fourth-order valence-electron chi connectivity index (χ4n) is 1.99. The van der Waals surface area contributed by atoms with Crippen LogP contribution in [0.2, 0.25) is 0 Å². The summed E-state index contributed by atoms with van der Waals surface area (Å²) in [6.07, 6.45) is 2.84. The molecule has 1 aromatic heterocycles. The second kappa shape index (κ2) is 9.46. The summed E-state index contributed by atoms with van der Waals surface area (Å²) < 4.78 is 5.73. The van der Waals surface area contributed by atoms with Gasteiger partial charge in [0.05, 0.1) is 5.69 Å². The van der Waals surface area contributed by atoms with Gasteiger partial charge in [0.2, 0.25) is 0 Å². The molecular weight excluding hydrogens is 288 g/mol. The summed E-state index contributed by atoms with van der Waals surface area (Å²) in [5, 5.41) is 6.53. The summed E-state index contributed by atoms with van der Waals surface area (Å²) >= 11 is 0. The lowest BCUT2D eigenvalue weighted by Gasteiger charge is -2.11. The molecular formula is C18H24N4O. The maximum absolute atomic E-state index is 5.73. The van der Waals surface area contributed by atoms with Gasteiger partial charge >= 0.3 is 0 Å². The molecule has 0 aliphatic heterocycles. The van der Waals surface area contributed by atoms with Gasteiger partial charge in [0.25, 0.3) is 0 Å². The molecule has 0 fully saturated rings. The lowest BCUT2D eigenvalue weighted by Crippen LogP contribution is -2.37. The van der Waals surface area contributed by atoms with E-state index in [2.05, 4.69) is 27.5 Å². The minimum absolute atomic E-state index is 0.478. The fraction of sp³-hybridized carbons (Fsp3) is 0.333. The number of nitrogens with one attached hydrogen (secondary N) is 2. The van der Waals surface area contributed by atoms with E-state index in [-0.39, 0.29) is 0 Å². The molecule has 2 rings (SSSR count). The number of aliphatic imine (C=N–C) groups is 1. The maximum atomic E-state index is 5.73. The summed E-state index contributed by atoms with van der Waals surface area (Å²) in [7, 11) is 1.78. The highest BCUT2D eigenvalue weighted by Gasteiger charge is 2.00. The van der Waals surface area contributed by atoms with E-state index < -0.39 is 0 Å². The van der Waals surface area contributed by atoms with Crippen molar-refractivity contribution in [2.45, 2.75) is 26.5 Å². The first-order chi connectivity index (χ1) is 11.3. The molecule has 0 bridgehead atoms. The lowest BCUT2D eigenvalue weighted by molar-refractivity contribution is 0.301. The Morgan fingerprint density at radius 2 is 1.96 bits per heavy atom. The number of benzene rings is 1. The average Bonchev–Trinajstić information content (AvgIpc) is 2.62. The number of pyridine rings is 1. The molecule has 5 nitrogen and oxygen atoms in total. The van der Waals surface area contributed by atoms with Crippen LogP contribution in [0.4, 0.5) is 0 Å². The van der Waals surface area contributed by atoms with Gasteiger partial charge in [-0.1, -0.05) is 25.1 Å². The standard InChI is InChI=1S/C18H24N4O/c1-3-11-21-18(19-2)22-13-15-7-9-17(10-8-15)23-14-16-6-4-5-12-20-16/h4-10,12H,3,11,13-14H2,1-2H3,(H2,19,21,22). The van der Waals surface area contributed by atoms with Crippen molar-refractivity contribution in [3.05, 3.63) is 59.9 Å². The third-order valence-corrected chi connectivity index (χ3v) is 3.26. The van der Waals surface area contributed by atoms with Crippen LogP contribution < -0.4 is 15.4 Å².